The molecule has 1 amide bonds. The number of carbonyl (C=O) groups excluding carboxylic acids is 1. The van der Waals surface area contributed by atoms with E-state index in [9.17, 15) is 9.18 Å². The highest BCUT2D eigenvalue weighted by Crippen LogP contribution is 2.29. The van der Waals surface area contributed by atoms with Gasteiger partial charge in [-0.1, -0.05) is 12.1 Å². The van der Waals surface area contributed by atoms with E-state index in [1.807, 2.05) is 11.8 Å². The van der Waals surface area contributed by atoms with Crippen molar-refractivity contribution < 1.29 is 9.18 Å². The van der Waals surface area contributed by atoms with Gasteiger partial charge in [0.05, 0.1) is 6.20 Å². The van der Waals surface area contributed by atoms with Crippen molar-refractivity contribution in [2.45, 2.75) is 25.8 Å². The fourth-order valence-corrected chi connectivity index (χ4v) is 3.83. The zero-order valence-electron chi connectivity index (χ0n) is 13.9. The highest BCUT2D eigenvalue weighted by atomic mass is 35.5. The Hall–Kier alpha value is -1.21. The lowest BCUT2D eigenvalue weighted by Gasteiger charge is -2.33. The van der Waals surface area contributed by atoms with Gasteiger partial charge in [0.1, 0.15) is 15.7 Å². The fraction of sp³-hybridized carbons (Fsp3) is 0.412. The number of piperidine rings is 1. The van der Waals surface area contributed by atoms with Gasteiger partial charge in [-0.3, -0.25) is 4.79 Å². The SMILES string of the molecule is CC(N)C1CCN(C(=O)c2cnc(-c3ccccc3F)s2)CC1.Cl.Cl. The third kappa shape index (κ3) is 4.91. The van der Waals surface area contributed by atoms with E-state index in [4.69, 9.17) is 5.73 Å². The lowest BCUT2D eigenvalue weighted by atomic mass is 9.91. The number of thiazole rings is 1. The van der Waals surface area contributed by atoms with Gasteiger partial charge in [0, 0.05) is 24.7 Å². The van der Waals surface area contributed by atoms with Crippen molar-refractivity contribution in [1.82, 2.24) is 9.88 Å². The van der Waals surface area contributed by atoms with Crippen LogP contribution in [0, 0.1) is 11.7 Å². The molecule has 1 aromatic carbocycles. The Morgan fingerprint density at radius 2 is 1.96 bits per heavy atom. The predicted molar refractivity (Wildman–Crippen MR) is 104 cm³/mol. The third-order valence-corrected chi connectivity index (χ3v) is 5.41. The number of rotatable bonds is 3. The number of aromatic nitrogens is 1. The first-order chi connectivity index (χ1) is 11.1. The van der Waals surface area contributed by atoms with E-state index in [2.05, 4.69) is 4.98 Å². The number of nitrogens with two attached hydrogens (primary N) is 1. The lowest BCUT2D eigenvalue weighted by molar-refractivity contribution is 0.0685. The van der Waals surface area contributed by atoms with Crippen LogP contribution in [0.1, 0.15) is 29.4 Å². The summed E-state index contributed by atoms with van der Waals surface area (Å²) >= 11 is 1.24. The first-order valence-electron chi connectivity index (χ1n) is 7.82. The third-order valence-electron chi connectivity index (χ3n) is 4.39. The summed E-state index contributed by atoms with van der Waals surface area (Å²) in [5.74, 6) is 0.140. The second-order valence-electron chi connectivity index (χ2n) is 6.00. The van der Waals surface area contributed by atoms with E-state index < -0.39 is 0 Å². The number of amides is 1. The molecule has 3 rings (SSSR count). The first-order valence-corrected chi connectivity index (χ1v) is 8.63. The van der Waals surface area contributed by atoms with Gasteiger partial charge in [-0.2, -0.15) is 0 Å². The lowest BCUT2D eigenvalue weighted by Crippen LogP contribution is -2.42. The van der Waals surface area contributed by atoms with Crippen molar-refractivity contribution in [2.24, 2.45) is 11.7 Å². The molecule has 1 atom stereocenters. The number of carbonyl (C=O) groups is 1. The smallest absolute Gasteiger partial charge is 0.265 e. The van der Waals surface area contributed by atoms with Crippen LogP contribution >= 0.6 is 36.2 Å². The minimum absolute atomic E-state index is 0. The normalized spacial score (nSPS) is 15.9. The molecule has 2 N–H and O–H groups in total. The molecule has 1 saturated heterocycles. The average molecular weight is 406 g/mol. The molecular weight excluding hydrogens is 384 g/mol. The summed E-state index contributed by atoms with van der Waals surface area (Å²) in [6, 6.07) is 6.65. The Labute approximate surface area is 163 Å². The van der Waals surface area contributed by atoms with Gasteiger partial charge >= 0.3 is 0 Å². The van der Waals surface area contributed by atoms with E-state index in [1.165, 1.54) is 17.4 Å². The summed E-state index contributed by atoms with van der Waals surface area (Å²) in [7, 11) is 0. The molecule has 0 bridgehead atoms. The van der Waals surface area contributed by atoms with Crippen LogP contribution in [-0.4, -0.2) is 34.9 Å². The van der Waals surface area contributed by atoms with Crippen LogP contribution in [-0.2, 0) is 0 Å². The summed E-state index contributed by atoms with van der Waals surface area (Å²) < 4.78 is 13.8. The summed E-state index contributed by atoms with van der Waals surface area (Å²) in [5.41, 5.74) is 6.37. The molecule has 25 heavy (non-hydrogen) atoms. The number of benzene rings is 1. The Morgan fingerprint density at radius 3 is 2.56 bits per heavy atom. The van der Waals surface area contributed by atoms with Crippen molar-refractivity contribution in [3.05, 3.63) is 41.2 Å². The minimum atomic E-state index is -0.321. The van der Waals surface area contributed by atoms with Gasteiger partial charge < -0.3 is 10.6 Å². The first kappa shape index (κ1) is 21.8. The van der Waals surface area contributed by atoms with Gasteiger partial charge in [-0.05, 0) is 37.8 Å². The molecule has 0 spiro atoms. The van der Waals surface area contributed by atoms with Crippen molar-refractivity contribution >= 4 is 42.1 Å². The molecule has 138 valence electrons. The second-order valence-corrected chi connectivity index (χ2v) is 7.03. The summed E-state index contributed by atoms with van der Waals surface area (Å²) in [6.07, 6.45) is 3.41. The molecule has 8 heteroatoms. The summed E-state index contributed by atoms with van der Waals surface area (Å²) in [4.78, 5) is 19.2. The average Bonchev–Trinajstić information content (AvgIpc) is 3.04. The zero-order chi connectivity index (χ0) is 16.4. The van der Waals surface area contributed by atoms with Crippen LogP contribution in [0.3, 0.4) is 0 Å². The number of hydrogen-bond acceptors (Lipinski definition) is 4. The molecule has 1 aliphatic heterocycles. The molecule has 1 fully saturated rings. The molecule has 4 nitrogen and oxygen atoms in total. The van der Waals surface area contributed by atoms with Gasteiger partial charge in [0.15, 0.2) is 0 Å². The maximum Gasteiger partial charge on any atom is 0.265 e. The summed E-state index contributed by atoms with van der Waals surface area (Å²) in [5, 5.41) is 0.539. The molecule has 0 saturated carbocycles. The van der Waals surface area contributed by atoms with Gasteiger partial charge in [-0.25, -0.2) is 9.37 Å². The number of likely N-dealkylation sites (tertiary alicyclic amines) is 1. The monoisotopic (exact) mass is 405 g/mol. The topological polar surface area (TPSA) is 59.2 Å². The van der Waals surface area contributed by atoms with E-state index in [0.717, 1.165) is 25.9 Å². The molecule has 2 heterocycles. The van der Waals surface area contributed by atoms with Crippen molar-refractivity contribution in [3.63, 3.8) is 0 Å². The molecule has 2 aromatic rings. The standard InChI is InChI=1S/C17H20FN3OS.2ClH/c1-11(19)12-6-8-21(9-7-12)17(22)15-10-20-16(23-15)13-4-2-3-5-14(13)18;;/h2-5,10-12H,6-9,19H2,1H3;2*1H. The van der Waals surface area contributed by atoms with Gasteiger partial charge in [-0.15, -0.1) is 36.2 Å². The largest absolute Gasteiger partial charge is 0.338 e. The Bertz CT molecular complexity index is 703. The van der Waals surface area contributed by atoms with Crippen LogP contribution < -0.4 is 5.73 Å². The van der Waals surface area contributed by atoms with Gasteiger partial charge in [0.2, 0.25) is 0 Å². The second kappa shape index (κ2) is 9.48. The van der Waals surface area contributed by atoms with E-state index >= 15 is 0 Å². The molecule has 0 radical (unpaired) electrons. The van der Waals surface area contributed by atoms with E-state index in [1.54, 1.807) is 24.4 Å². The van der Waals surface area contributed by atoms with Crippen molar-refractivity contribution in [2.75, 3.05) is 13.1 Å². The van der Waals surface area contributed by atoms with E-state index in [-0.39, 0.29) is 42.6 Å². The number of nitrogens with zero attached hydrogens (tertiary/aromatic N) is 2. The van der Waals surface area contributed by atoms with Crippen LogP contribution in [0.4, 0.5) is 4.39 Å². The van der Waals surface area contributed by atoms with Crippen molar-refractivity contribution in [1.29, 1.82) is 0 Å². The highest BCUT2D eigenvalue weighted by Gasteiger charge is 2.26. The zero-order valence-corrected chi connectivity index (χ0v) is 16.3. The molecule has 1 unspecified atom stereocenters. The fourth-order valence-electron chi connectivity index (χ4n) is 2.92. The van der Waals surface area contributed by atoms with Crippen LogP contribution in [0.25, 0.3) is 10.6 Å². The number of hydrogen-bond donors (Lipinski definition) is 1. The minimum Gasteiger partial charge on any atom is -0.338 e. The Balaban J connectivity index is 0.00000156. The molecule has 1 aromatic heterocycles. The maximum absolute atomic E-state index is 13.8. The van der Waals surface area contributed by atoms with Crippen molar-refractivity contribution in [3.8, 4) is 10.6 Å². The Kier molecular flexibility index (Phi) is 8.28. The molecular formula is C17H22Cl2FN3OS. The maximum atomic E-state index is 13.8. The van der Waals surface area contributed by atoms with Crippen LogP contribution in [0.2, 0.25) is 0 Å². The quantitative estimate of drug-likeness (QED) is 0.839. The summed E-state index contributed by atoms with van der Waals surface area (Å²) in [6.45, 7) is 3.46. The van der Waals surface area contributed by atoms with E-state index in [0.29, 0.717) is 21.4 Å². The highest BCUT2D eigenvalue weighted by molar-refractivity contribution is 7.16. The predicted octanol–water partition coefficient (Wildman–Crippen LogP) is 3.99. The Morgan fingerprint density at radius 1 is 1.32 bits per heavy atom. The van der Waals surface area contributed by atoms with Gasteiger partial charge in [0.25, 0.3) is 5.91 Å². The van der Waals surface area contributed by atoms with Crippen LogP contribution in [0.15, 0.2) is 30.5 Å². The molecule has 1 aliphatic rings. The number of halogens is 3. The molecule has 0 aliphatic carbocycles. The van der Waals surface area contributed by atoms with Crippen LogP contribution in [0.5, 0.6) is 0 Å².